The maximum absolute atomic E-state index is 13.6. The van der Waals surface area contributed by atoms with Crippen LogP contribution in [0.3, 0.4) is 0 Å². The fraction of sp³-hybridized carbons (Fsp3) is 0.259. The summed E-state index contributed by atoms with van der Waals surface area (Å²) in [5, 5.41) is 3.33. The quantitative estimate of drug-likeness (QED) is 0.342. The predicted molar refractivity (Wildman–Crippen MR) is 150 cm³/mol. The summed E-state index contributed by atoms with van der Waals surface area (Å²) in [6.45, 7) is 1.24. The molecule has 0 unspecified atom stereocenters. The monoisotopic (exact) mass is 577 g/mol. The zero-order chi connectivity index (χ0) is 27.9. The fourth-order valence-corrected chi connectivity index (χ4v) is 5.16. The number of benzene rings is 3. The molecule has 11 heteroatoms. The van der Waals surface area contributed by atoms with E-state index in [0.717, 1.165) is 10.6 Å². The van der Waals surface area contributed by atoms with E-state index in [9.17, 15) is 18.0 Å². The molecule has 1 N–H and O–H groups in total. The Morgan fingerprint density at radius 3 is 2.16 bits per heavy atom. The van der Waals surface area contributed by atoms with E-state index in [1.165, 1.54) is 11.9 Å². The zero-order valence-electron chi connectivity index (χ0n) is 21.2. The lowest BCUT2D eigenvalue weighted by molar-refractivity contribution is -0.140. The van der Waals surface area contributed by atoms with Gasteiger partial charge in [0.15, 0.2) is 0 Å². The maximum Gasteiger partial charge on any atom is 0.244 e. The molecule has 0 bridgehead atoms. The van der Waals surface area contributed by atoms with Crippen LogP contribution in [0.15, 0.2) is 72.8 Å². The Morgan fingerprint density at radius 2 is 1.61 bits per heavy atom. The normalized spacial score (nSPS) is 11.9. The highest BCUT2D eigenvalue weighted by molar-refractivity contribution is 7.92. The van der Waals surface area contributed by atoms with Gasteiger partial charge in [-0.15, -0.1) is 0 Å². The smallest absolute Gasteiger partial charge is 0.244 e. The minimum absolute atomic E-state index is 0.0117. The number of nitrogens with zero attached hydrogens (tertiary/aromatic N) is 2. The Hall–Kier alpha value is -3.27. The van der Waals surface area contributed by atoms with Gasteiger partial charge in [0.05, 0.1) is 11.9 Å². The summed E-state index contributed by atoms with van der Waals surface area (Å²) in [4.78, 5) is 27.6. The third kappa shape index (κ3) is 7.63. The molecule has 202 valence electrons. The molecule has 0 aromatic heterocycles. The second-order valence-electron chi connectivity index (χ2n) is 8.47. The molecule has 0 radical (unpaired) electrons. The molecule has 3 rings (SSSR count). The fourth-order valence-electron chi connectivity index (χ4n) is 3.84. The first kappa shape index (κ1) is 29.3. The van der Waals surface area contributed by atoms with E-state index in [-0.39, 0.29) is 18.1 Å². The molecular formula is C27H29Cl2N3O5S. The molecule has 3 aromatic rings. The van der Waals surface area contributed by atoms with Crippen molar-refractivity contribution >= 4 is 50.7 Å². The number of sulfonamides is 1. The summed E-state index contributed by atoms with van der Waals surface area (Å²) in [5.41, 5.74) is 0.846. The molecule has 0 saturated heterocycles. The standard InChI is InChI=1S/C27H29Cl2N3O5S/c1-4-25(27(34)30-2)31(17-19-10-11-20(28)16-24(19)29)26(33)18-32(38(3,35)36)21-12-14-23(15-13-21)37-22-8-6-5-7-9-22/h5-16,25H,4,17-18H2,1-3H3,(H,30,34)/t25-/m0/s1. The molecule has 38 heavy (non-hydrogen) atoms. The van der Waals surface area contributed by atoms with E-state index in [1.807, 2.05) is 18.2 Å². The van der Waals surface area contributed by atoms with Gasteiger partial charge >= 0.3 is 0 Å². The van der Waals surface area contributed by atoms with Crippen LogP contribution in [0.4, 0.5) is 5.69 Å². The van der Waals surface area contributed by atoms with Gasteiger partial charge in [0, 0.05) is 23.6 Å². The van der Waals surface area contributed by atoms with Crippen LogP contribution in [0.2, 0.25) is 10.0 Å². The number of halogens is 2. The minimum Gasteiger partial charge on any atom is -0.457 e. The predicted octanol–water partition coefficient (Wildman–Crippen LogP) is 5.11. The van der Waals surface area contributed by atoms with Crippen LogP contribution in [0.1, 0.15) is 18.9 Å². The number of ether oxygens (including phenoxy) is 1. The highest BCUT2D eigenvalue weighted by Gasteiger charge is 2.31. The third-order valence-corrected chi connectivity index (χ3v) is 7.50. The van der Waals surface area contributed by atoms with Gasteiger partial charge in [-0.3, -0.25) is 13.9 Å². The first-order valence-corrected chi connectivity index (χ1v) is 14.4. The van der Waals surface area contributed by atoms with Crippen LogP contribution in [0.5, 0.6) is 11.5 Å². The lowest BCUT2D eigenvalue weighted by atomic mass is 10.1. The van der Waals surface area contributed by atoms with Gasteiger partial charge in [0.25, 0.3) is 0 Å². The van der Waals surface area contributed by atoms with Crippen molar-refractivity contribution in [3.63, 3.8) is 0 Å². The molecule has 1 atom stereocenters. The highest BCUT2D eigenvalue weighted by Crippen LogP contribution is 2.27. The number of anilines is 1. The summed E-state index contributed by atoms with van der Waals surface area (Å²) < 4.78 is 32.3. The van der Waals surface area contributed by atoms with Crippen LogP contribution in [0.25, 0.3) is 0 Å². The van der Waals surface area contributed by atoms with E-state index in [4.69, 9.17) is 27.9 Å². The Kier molecular flexibility index (Phi) is 10.0. The molecule has 0 aliphatic carbocycles. The lowest BCUT2D eigenvalue weighted by Gasteiger charge is -2.32. The molecule has 0 spiro atoms. The molecular weight excluding hydrogens is 549 g/mol. The number of rotatable bonds is 11. The van der Waals surface area contributed by atoms with E-state index in [1.54, 1.807) is 61.5 Å². The zero-order valence-corrected chi connectivity index (χ0v) is 23.6. The van der Waals surface area contributed by atoms with E-state index >= 15 is 0 Å². The van der Waals surface area contributed by atoms with Crippen LogP contribution in [-0.2, 0) is 26.2 Å². The van der Waals surface area contributed by atoms with Crippen molar-refractivity contribution in [2.24, 2.45) is 0 Å². The molecule has 2 amide bonds. The van der Waals surface area contributed by atoms with Gasteiger partial charge in [0.2, 0.25) is 21.8 Å². The van der Waals surface area contributed by atoms with Crippen LogP contribution in [0, 0.1) is 0 Å². The number of para-hydroxylation sites is 1. The average molecular weight is 579 g/mol. The minimum atomic E-state index is -3.86. The van der Waals surface area contributed by atoms with Crippen molar-refractivity contribution < 1.29 is 22.7 Å². The summed E-state index contributed by atoms with van der Waals surface area (Å²) in [5.74, 6) is 0.192. The third-order valence-electron chi connectivity index (χ3n) is 5.77. The summed E-state index contributed by atoms with van der Waals surface area (Å²) >= 11 is 12.4. The van der Waals surface area contributed by atoms with Crippen molar-refractivity contribution in [3.8, 4) is 11.5 Å². The average Bonchev–Trinajstić information content (AvgIpc) is 2.88. The number of hydrogen-bond acceptors (Lipinski definition) is 5. The summed E-state index contributed by atoms with van der Waals surface area (Å²) in [6, 6.07) is 19.5. The molecule has 8 nitrogen and oxygen atoms in total. The van der Waals surface area contributed by atoms with Gasteiger partial charge in [-0.05, 0) is 60.5 Å². The van der Waals surface area contributed by atoms with Gasteiger partial charge < -0.3 is 15.0 Å². The van der Waals surface area contributed by atoms with Crippen LogP contribution < -0.4 is 14.4 Å². The van der Waals surface area contributed by atoms with Crippen molar-refractivity contribution in [1.29, 1.82) is 0 Å². The summed E-state index contributed by atoms with van der Waals surface area (Å²) in [7, 11) is -2.39. The van der Waals surface area contributed by atoms with Gasteiger partial charge in [-0.2, -0.15) is 0 Å². The van der Waals surface area contributed by atoms with Crippen molar-refractivity contribution in [2.75, 3.05) is 24.2 Å². The Bertz CT molecular complexity index is 1370. The van der Waals surface area contributed by atoms with Gasteiger partial charge in [-0.25, -0.2) is 8.42 Å². The van der Waals surface area contributed by atoms with Crippen molar-refractivity contribution in [3.05, 3.63) is 88.4 Å². The second-order valence-corrected chi connectivity index (χ2v) is 11.2. The Balaban J connectivity index is 1.90. The number of carbonyl (C=O) groups excluding carboxylic acids is 2. The van der Waals surface area contributed by atoms with Crippen molar-refractivity contribution in [2.45, 2.75) is 25.9 Å². The molecule has 3 aromatic carbocycles. The van der Waals surface area contributed by atoms with Gasteiger partial charge in [-0.1, -0.05) is 54.4 Å². The number of hydrogen-bond donors (Lipinski definition) is 1. The topological polar surface area (TPSA) is 96.0 Å². The number of carbonyl (C=O) groups is 2. The SMILES string of the molecule is CC[C@@H](C(=O)NC)N(Cc1ccc(Cl)cc1Cl)C(=O)CN(c1ccc(Oc2ccccc2)cc1)S(C)(=O)=O. The largest absolute Gasteiger partial charge is 0.457 e. The number of nitrogens with one attached hydrogen (secondary N) is 1. The maximum atomic E-state index is 13.6. The van der Waals surface area contributed by atoms with E-state index in [2.05, 4.69) is 5.32 Å². The molecule has 0 heterocycles. The van der Waals surface area contributed by atoms with E-state index in [0.29, 0.717) is 33.5 Å². The first-order chi connectivity index (χ1) is 18.0. The lowest BCUT2D eigenvalue weighted by Crippen LogP contribution is -2.51. The first-order valence-electron chi connectivity index (χ1n) is 11.8. The summed E-state index contributed by atoms with van der Waals surface area (Å²) in [6.07, 6.45) is 1.33. The van der Waals surface area contributed by atoms with Crippen molar-refractivity contribution in [1.82, 2.24) is 10.2 Å². The highest BCUT2D eigenvalue weighted by atomic mass is 35.5. The number of likely N-dealkylation sites (N-methyl/N-ethyl adjacent to an activating group) is 1. The van der Waals surface area contributed by atoms with Crippen LogP contribution in [-0.4, -0.2) is 51.0 Å². The Morgan fingerprint density at radius 1 is 0.974 bits per heavy atom. The number of amides is 2. The second kappa shape index (κ2) is 13.0. The molecule has 0 saturated carbocycles. The van der Waals surface area contributed by atoms with Crippen LogP contribution >= 0.6 is 23.2 Å². The molecule has 0 aliphatic rings. The molecule has 0 aliphatic heterocycles. The Labute approximate surface area is 233 Å². The van der Waals surface area contributed by atoms with E-state index < -0.39 is 28.5 Å². The van der Waals surface area contributed by atoms with Gasteiger partial charge in [0.1, 0.15) is 24.1 Å². The molecule has 0 fully saturated rings.